The number of hydrogen-bond donors (Lipinski definition) is 1. The van der Waals surface area contributed by atoms with Crippen molar-refractivity contribution in [3.8, 4) is 5.69 Å². The topological polar surface area (TPSA) is 103 Å². The van der Waals surface area contributed by atoms with Crippen molar-refractivity contribution in [2.45, 2.75) is 17.5 Å². The van der Waals surface area contributed by atoms with E-state index in [4.69, 9.17) is 23.2 Å². The van der Waals surface area contributed by atoms with Gasteiger partial charge in [-0.05, 0) is 48.0 Å². The Hall–Kier alpha value is -3.47. The number of halogens is 3. The van der Waals surface area contributed by atoms with Crippen LogP contribution in [0, 0.1) is 15.9 Å². The highest BCUT2D eigenvalue weighted by molar-refractivity contribution is 7.98. The first-order valence-corrected chi connectivity index (χ1v) is 11.9. The van der Waals surface area contributed by atoms with Crippen molar-refractivity contribution in [2.24, 2.45) is 0 Å². The zero-order valence-corrected chi connectivity index (χ0v) is 20.1. The number of carbonyl (C=O) groups is 1. The van der Waals surface area contributed by atoms with Crippen LogP contribution in [0.15, 0.2) is 71.9 Å². The van der Waals surface area contributed by atoms with Crippen molar-refractivity contribution >= 4 is 46.6 Å². The number of nitro groups is 1. The number of nitrogens with zero attached hydrogens (tertiary/aromatic N) is 4. The molecule has 35 heavy (non-hydrogen) atoms. The number of rotatable bonds is 8. The summed E-state index contributed by atoms with van der Waals surface area (Å²) in [5.41, 5.74) is 1.56. The summed E-state index contributed by atoms with van der Waals surface area (Å²) in [6, 6.07) is 16.3. The lowest BCUT2D eigenvalue weighted by Crippen LogP contribution is -2.24. The zero-order valence-electron chi connectivity index (χ0n) is 17.8. The van der Waals surface area contributed by atoms with Gasteiger partial charge in [0.2, 0.25) is 0 Å². The van der Waals surface area contributed by atoms with Gasteiger partial charge in [0, 0.05) is 28.5 Å². The van der Waals surface area contributed by atoms with Crippen LogP contribution >= 0.6 is 35.0 Å². The predicted octanol–water partition coefficient (Wildman–Crippen LogP) is 5.84. The fourth-order valence-corrected chi connectivity index (χ4v) is 4.42. The molecule has 3 aromatic carbocycles. The predicted molar refractivity (Wildman–Crippen MR) is 132 cm³/mol. The van der Waals surface area contributed by atoms with Crippen LogP contribution in [0.1, 0.15) is 21.7 Å². The van der Waals surface area contributed by atoms with Crippen LogP contribution in [0.25, 0.3) is 5.69 Å². The van der Waals surface area contributed by atoms with Crippen LogP contribution in [-0.2, 0) is 12.3 Å². The van der Waals surface area contributed by atoms with Crippen LogP contribution < -0.4 is 5.32 Å². The molecule has 1 aromatic heterocycles. The molecule has 0 atom stereocenters. The van der Waals surface area contributed by atoms with Gasteiger partial charge in [-0.3, -0.25) is 19.5 Å². The van der Waals surface area contributed by atoms with Crippen molar-refractivity contribution in [2.75, 3.05) is 0 Å². The van der Waals surface area contributed by atoms with Gasteiger partial charge in [-0.25, -0.2) is 4.39 Å². The van der Waals surface area contributed by atoms with Crippen LogP contribution in [0.3, 0.4) is 0 Å². The van der Waals surface area contributed by atoms with Gasteiger partial charge in [-0.1, -0.05) is 47.1 Å². The molecule has 0 radical (unpaired) electrons. The van der Waals surface area contributed by atoms with Crippen molar-refractivity contribution in [3.05, 3.63) is 110 Å². The Morgan fingerprint density at radius 2 is 1.77 bits per heavy atom. The molecule has 4 rings (SSSR count). The molecule has 0 aliphatic carbocycles. The van der Waals surface area contributed by atoms with Gasteiger partial charge in [0.05, 0.1) is 22.2 Å². The van der Waals surface area contributed by atoms with E-state index >= 15 is 0 Å². The van der Waals surface area contributed by atoms with Gasteiger partial charge in [-0.15, -0.1) is 10.2 Å². The van der Waals surface area contributed by atoms with Gasteiger partial charge in [0.1, 0.15) is 5.82 Å². The standard InChI is InChI=1S/C23H16Cl2FN5O3S/c24-16-5-10-19(25)20(11-16)30-21(12-27-22(32)15-3-8-18(9-4-15)31(33)34)28-29-23(30)35-13-14-1-6-17(26)7-2-14/h1-11H,12-13H2,(H,27,32). The zero-order chi connectivity index (χ0) is 24.9. The maximum Gasteiger partial charge on any atom is 0.269 e. The minimum Gasteiger partial charge on any atom is -0.345 e. The SMILES string of the molecule is O=C(NCc1nnc(SCc2ccc(F)cc2)n1-c1cc(Cl)ccc1Cl)c1ccc([N+](=O)[O-])cc1. The van der Waals surface area contributed by atoms with E-state index in [9.17, 15) is 19.3 Å². The second kappa shape index (κ2) is 10.9. The lowest BCUT2D eigenvalue weighted by Gasteiger charge is -2.13. The molecule has 0 bridgehead atoms. The summed E-state index contributed by atoms with van der Waals surface area (Å²) >= 11 is 14.0. The highest BCUT2D eigenvalue weighted by Crippen LogP contribution is 2.31. The first kappa shape index (κ1) is 24.6. The van der Waals surface area contributed by atoms with Gasteiger partial charge >= 0.3 is 0 Å². The molecule has 4 aromatic rings. The summed E-state index contributed by atoms with van der Waals surface area (Å²) in [6.45, 7) is 0.00275. The van der Waals surface area contributed by atoms with E-state index in [0.717, 1.165) is 5.56 Å². The van der Waals surface area contributed by atoms with Crippen LogP contribution in [0.2, 0.25) is 10.0 Å². The summed E-state index contributed by atoms with van der Waals surface area (Å²) in [5.74, 6) is 0.128. The fraction of sp³-hybridized carbons (Fsp3) is 0.0870. The van der Waals surface area contributed by atoms with Gasteiger partial charge in [-0.2, -0.15) is 0 Å². The fourth-order valence-electron chi connectivity index (χ4n) is 3.13. The highest BCUT2D eigenvalue weighted by Gasteiger charge is 2.19. The van der Waals surface area contributed by atoms with Gasteiger partial charge < -0.3 is 5.32 Å². The van der Waals surface area contributed by atoms with E-state index in [1.54, 1.807) is 34.9 Å². The summed E-state index contributed by atoms with van der Waals surface area (Å²) in [4.78, 5) is 22.9. The smallest absolute Gasteiger partial charge is 0.269 e. The molecule has 1 N–H and O–H groups in total. The maximum absolute atomic E-state index is 13.2. The first-order valence-electron chi connectivity index (χ1n) is 10.1. The van der Waals surface area contributed by atoms with E-state index in [2.05, 4.69) is 15.5 Å². The van der Waals surface area contributed by atoms with Crippen molar-refractivity contribution < 1.29 is 14.1 Å². The third-order valence-corrected chi connectivity index (χ3v) is 6.43. The van der Waals surface area contributed by atoms with Crippen LogP contribution in [-0.4, -0.2) is 25.6 Å². The molecule has 8 nitrogen and oxygen atoms in total. The molecular formula is C23H16Cl2FN5O3S. The average Bonchev–Trinajstić information content (AvgIpc) is 3.26. The number of nitro benzene ring substituents is 1. The number of thioether (sulfide) groups is 1. The largest absolute Gasteiger partial charge is 0.345 e. The third kappa shape index (κ3) is 5.97. The molecule has 178 valence electrons. The van der Waals surface area contributed by atoms with Crippen molar-refractivity contribution in [3.63, 3.8) is 0 Å². The summed E-state index contributed by atoms with van der Waals surface area (Å²) in [6.07, 6.45) is 0. The Morgan fingerprint density at radius 3 is 2.46 bits per heavy atom. The molecule has 0 aliphatic heterocycles. The Bertz CT molecular complexity index is 1380. The van der Waals surface area contributed by atoms with E-state index in [1.807, 2.05) is 0 Å². The normalized spacial score (nSPS) is 10.8. The number of carbonyl (C=O) groups excluding carboxylic acids is 1. The van der Waals surface area contributed by atoms with E-state index < -0.39 is 10.8 Å². The third-order valence-electron chi connectivity index (χ3n) is 4.88. The molecule has 0 saturated carbocycles. The Morgan fingerprint density at radius 1 is 1.06 bits per heavy atom. The van der Waals surface area contributed by atoms with Crippen molar-refractivity contribution in [1.29, 1.82) is 0 Å². The quantitative estimate of drug-likeness (QED) is 0.174. The summed E-state index contributed by atoms with van der Waals surface area (Å²) < 4.78 is 14.9. The number of hydrogen-bond acceptors (Lipinski definition) is 6. The number of aromatic nitrogens is 3. The van der Waals surface area contributed by atoms with Crippen molar-refractivity contribution in [1.82, 2.24) is 20.1 Å². The second-order valence-corrected chi connectivity index (χ2v) is 9.02. The Labute approximate surface area is 213 Å². The molecular weight excluding hydrogens is 516 g/mol. The van der Waals surface area contributed by atoms with Gasteiger partial charge in [0.15, 0.2) is 11.0 Å². The Balaban J connectivity index is 1.58. The second-order valence-electron chi connectivity index (χ2n) is 7.23. The highest BCUT2D eigenvalue weighted by atomic mass is 35.5. The van der Waals surface area contributed by atoms with Crippen LogP contribution in [0.5, 0.6) is 0 Å². The lowest BCUT2D eigenvalue weighted by atomic mass is 10.2. The molecule has 0 aliphatic rings. The molecule has 12 heteroatoms. The maximum atomic E-state index is 13.2. The van der Waals surface area contributed by atoms with Crippen LogP contribution in [0.4, 0.5) is 10.1 Å². The molecule has 1 amide bonds. The van der Waals surface area contributed by atoms with Gasteiger partial charge in [0.25, 0.3) is 11.6 Å². The number of benzene rings is 3. The van der Waals surface area contributed by atoms with E-state index in [-0.39, 0.29) is 23.6 Å². The Kier molecular flexibility index (Phi) is 7.64. The first-order chi connectivity index (χ1) is 16.8. The minimum atomic E-state index is -0.538. The summed E-state index contributed by atoms with van der Waals surface area (Å²) in [5, 5.41) is 23.4. The van der Waals surface area contributed by atoms with E-state index in [1.165, 1.54) is 48.2 Å². The number of amides is 1. The lowest BCUT2D eigenvalue weighted by molar-refractivity contribution is -0.384. The molecule has 0 unspecified atom stereocenters. The molecule has 1 heterocycles. The monoisotopic (exact) mass is 531 g/mol. The number of nitrogens with one attached hydrogen (secondary N) is 1. The minimum absolute atomic E-state index is 0.00275. The molecule has 0 spiro atoms. The average molecular weight is 532 g/mol. The van der Waals surface area contributed by atoms with E-state index in [0.29, 0.717) is 32.5 Å². The number of non-ortho nitro benzene ring substituents is 1. The summed E-state index contributed by atoms with van der Waals surface area (Å²) in [7, 11) is 0. The molecule has 0 saturated heterocycles. The molecule has 0 fully saturated rings.